The summed E-state index contributed by atoms with van der Waals surface area (Å²) in [7, 11) is 0. The summed E-state index contributed by atoms with van der Waals surface area (Å²) in [5, 5.41) is 1.87. The van der Waals surface area contributed by atoms with Crippen LogP contribution in [0.2, 0.25) is 4.34 Å². The lowest BCUT2D eigenvalue weighted by atomic mass is 10.1. The van der Waals surface area contributed by atoms with E-state index >= 15 is 0 Å². The van der Waals surface area contributed by atoms with Crippen molar-refractivity contribution in [2.75, 3.05) is 5.33 Å². The highest BCUT2D eigenvalue weighted by Crippen LogP contribution is 2.23. The highest BCUT2D eigenvalue weighted by Gasteiger charge is 2.03. The lowest BCUT2D eigenvalue weighted by molar-refractivity contribution is 0.780. The van der Waals surface area contributed by atoms with Crippen LogP contribution in [-0.2, 0) is 0 Å². The van der Waals surface area contributed by atoms with Crippen LogP contribution in [0.3, 0.4) is 0 Å². The molecular formula is C9H11BrClNS. The van der Waals surface area contributed by atoms with Crippen molar-refractivity contribution in [3.63, 3.8) is 0 Å². The summed E-state index contributed by atoms with van der Waals surface area (Å²) in [4.78, 5) is 4.18. The van der Waals surface area contributed by atoms with E-state index in [-0.39, 0.29) is 0 Å². The van der Waals surface area contributed by atoms with Gasteiger partial charge in [0.25, 0.3) is 0 Å². The maximum Gasteiger partial charge on any atom is 0.117 e. The summed E-state index contributed by atoms with van der Waals surface area (Å²) in [6.45, 7) is 4.34. The van der Waals surface area contributed by atoms with Crippen molar-refractivity contribution in [3.8, 4) is 0 Å². The molecule has 0 spiro atoms. The second kappa shape index (κ2) is 5.13. The molecule has 1 nitrogen and oxygen atoms in total. The van der Waals surface area contributed by atoms with E-state index in [9.17, 15) is 0 Å². The highest BCUT2D eigenvalue weighted by atomic mass is 79.9. The average molecular weight is 281 g/mol. The van der Waals surface area contributed by atoms with Gasteiger partial charge in [-0.3, -0.25) is 0 Å². The molecule has 0 bridgehead atoms. The summed E-state index contributed by atoms with van der Waals surface area (Å²) in [5.74, 6) is 0.544. The van der Waals surface area contributed by atoms with Gasteiger partial charge in [-0.2, -0.15) is 0 Å². The van der Waals surface area contributed by atoms with Gasteiger partial charge in [0.05, 0.1) is 6.20 Å². The van der Waals surface area contributed by atoms with Gasteiger partial charge in [-0.15, -0.1) is 11.3 Å². The minimum atomic E-state index is 0.544. The molecule has 0 unspecified atom stereocenters. The molecule has 13 heavy (non-hydrogen) atoms. The van der Waals surface area contributed by atoms with Gasteiger partial charge >= 0.3 is 0 Å². The zero-order valence-corrected chi connectivity index (χ0v) is 10.7. The largest absolute Gasteiger partial charge is 0.244 e. The Hall–Kier alpha value is 0.140. The van der Waals surface area contributed by atoms with E-state index < -0.39 is 0 Å². The molecule has 0 aliphatic rings. The van der Waals surface area contributed by atoms with E-state index in [1.54, 1.807) is 6.20 Å². The summed E-state index contributed by atoms with van der Waals surface area (Å²) < 4.78 is 0.740. The summed E-state index contributed by atoms with van der Waals surface area (Å²) >= 11 is 10.7. The van der Waals surface area contributed by atoms with Crippen molar-refractivity contribution in [2.45, 2.75) is 13.8 Å². The first-order valence-electron chi connectivity index (χ1n) is 4.01. The van der Waals surface area contributed by atoms with Crippen LogP contribution in [-0.4, -0.2) is 10.3 Å². The maximum absolute atomic E-state index is 5.78. The number of thiazole rings is 1. The molecule has 1 aromatic rings. The van der Waals surface area contributed by atoms with Gasteiger partial charge in [0.1, 0.15) is 9.34 Å². The van der Waals surface area contributed by atoms with Gasteiger partial charge < -0.3 is 0 Å². The van der Waals surface area contributed by atoms with Crippen LogP contribution in [0.5, 0.6) is 0 Å². The van der Waals surface area contributed by atoms with Crippen LogP contribution in [0.4, 0.5) is 0 Å². The van der Waals surface area contributed by atoms with E-state index in [0.717, 1.165) is 14.7 Å². The van der Waals surface area contributed by atoms with Crippen LogP contribution in [0, 0.1) is 5.92 Å². The zero-order chi connectivity index (χ0) is 9.84. The van der Waals surface area contributed by atoms with Crippen LogP contribution in [0.1, 0.15) is 18.9 Å². The number of rotatable bonds is 3. The lowest BCUT2D eigenvalue weighted by Crippen LogP contribution is -1.94. The molecule has 0 aromatic carbocycles. The Morgan fingerprint density at radius 2 is 2.46 bits per heavy atom. The van der Waals surface area contributed by atoms with Crippen molar-refractivity contribution >= 4 is 44.9 Å². The number of hydrogen-bond acceptors (Lipinski definition) is 2. The molecule has 1 aromatic heterocycles. The zero-order valence-electron chi connectivity index (χ0n) is 7.55. The molecule has 0 N–H and O–H groups in total. The summed E-state index contributed by atoms with van der Waals surface area (Å²) in [6, 6.07) is 0. The van der Waals surface area contributed by atoms with Gasteiger partial charge in [-0.1, -0.05) is 47.0 Å². The van der Waals surface area contributed by atoms with E-state index in [2.05, 4.69) is 40.8 Å². The molecular weight excluding hydrogens is 270 g/mol. The predicted octanol–water partition coefficient (Wildman–Crippen LogP) is 4.23. The molecule has 0 atom stereocenters. The first kappa shape index (κ1) is 11.2. The Morgan fingerprint density at radius 1 is 1.77 bits per heavy atom. The topological polar surface area (TPSA) is 12.9 Å². The highest BCUT2D eigenvalue weighted by molar-refractivity contribution is 9.09. The molecule has 0 amide bonds. The Bertz CT molecular complexity index is 306. The van der Waals surface area contributed by atoms with Crippen LogP contribution < -0.4 is 0 Å². The van der Waals surface area contributed by atoms with Crippen molar-refractivity contribution in [2.24, 2.45) is 5.92 Å². The van der Waals surface area contributed by atoms with Crippen molar-refractivity contribution in [3.05, 3.63) is 21.1 Å². The van der Waals surface area contributed by atoms with Crippen LogP contribution in [0.25, 0.3) is 6.08 Å². The smallest absolute Gasteiger partial charge is 0.117 e. The number of alkyl halides is 1. The third kappa shape index (κ3) is 3.41. The molecule has 0 saturated carbocycles. The second-order valence-corrected chi connectivity index (χ2v) is 5.26. The Balaban J connectivity index is 2.84. The van der Waals surface area contributed by atoms with Gasteiger partial charge in [-0.05, 0) is 12.0 Å². The van der Waals surface area contributed by atoms with Crippen molar-refractivity contribution in [1.29, 1.82) is 0 Å². The normalized spacial score (nSPS) is 12.5. The van der Waals surface area contributed by atoms with Gasteiger partial charge in [0.2, 0.25) is 0 Å². The number of halogens is 2. The van der Waals surface area contributed by atoms with Crippen molar-refractivity contribution in [1.82, 2.24) is 4.98 Å². The number of aromatic nitrogens is 1. The minimum Gasteiger partial charge on any atom is -0.244 e. The fraction of sp³-hybridized carbons (Fsp3) is 0.444. The van der Waals surface area contributed by atoms with E-state index in [0.29, 0.717) is 5.92 Å². The summed E-state index contributed by atoms with van der Waals surface area (Å²) in [5.41, 5.74) is 1.34. The van der Waals surface area contributed by atoms with E-state index in [1.807, 2.05) is 0 Å². The SMILES string of the molecule is CC(C)/C(=C/c1ncc(Cl)s1)CBr. The first-order valence-corrected chi connectivity index (χ1v) is 6.33. The van der Waals surface area contributed by atoms with E-state index in [1.165, 1.54) is 16.9 Å². The van der Waals surface area contributed by atoms with Gasteiger partial charge in [0, 0.05) is 5.33 Å². The van der Waals surface area contributed by atoms with Crippen LogP contribution in [0.15, 0.2) is 11.8 Å². The lowest BCUT2D eigenvalue weighted by Gasteiger charge is -2.05. The van der Waals surface area contributed by atoms with E-state index in [4.69, 9.17) is 11.6 Å². The monoisotopic (exact) mass is 279 g/mol. The molecule has 72 valence electrons. The van der Waals surface area contributed by atoms with Crippen LogP contribution >= 0.6 is 38.9 Å². The molecule has 0 radical (unpaired) electrons. The fourth-order valence-corrected chi connectivity index (χ4v) is 2.57. The third-order valence-electron chi connectivity index (χ3n) is 1.70. The molecule has 1 heterocycles. The molecule has 4 heteroatoms. The molecule has 0 aliphatic heterocycles. The van der Waals surface area contributed by atoms with Gasteiger partial charge in [0.15, 0.2) is 0 Å². The quantitative estimate of drug-likeness (QED) is 0.755. The van der Waals surface area contributed by atoms with Crippen molar-refractivity contribution < 1.29 is 0 Å². The molecule has 1 rings (SSSR count). The summed E-state index contributed by atoms with van der Waals surface area (Å²) in [6.07, 6.45) is 3.78. The molecule has 0 fully saturated rings. The Labute approximate surface area is 96.0 Å². The molecule has 0 saturated heterocycles. The third-order valence-corrected chi connectivity index (χ3v) is 3.41. The first-order chi connectivity index (χ1) is 6.13. The number of hydrogen-bond donors (Lipinski definition) is 0. The van der Waals surface area contributed by atoms with Gasteiger partial charge in [-0.25, -0.2) is 4.98 Å². The molecule has 0 aliphatic carbocycles. The number of allylic oxidation sites excluding steroid dienone is 1. The minimum absolute atomic E-state index is 0.544. The standard InChI is InChI=1S/C9H11BrClNS/c1-6(2)7(4-10)3-9-12-5-8(11)13-9/h3,5-6H,4H2,1-2H3/b7-3+. The maximum atomic E-state index is 5.78. The Kier molecular flexibility index (Phi) is 4.42. The predicted molar refractivity (Wildman–Crippen MR) is 63.7 cm³/mol. The average Bonchev–Trinajstić information content (AvgIpc) is 2.46. The number of nitrogens with zero attached hydrogens (tertiary/aromatic N) is 1. The second-order valence-electron chi connectivity index (χ2n) is 3.01. The Morgan fingerprint density at radius 3 is 2.85 bits per heavy atom. The fourth-order valence-electron chi connectivity index (χ4n) is 0.852.